The molecule has 1 unspecified atom stereocenters. The second-order valence-corrected chi connectivity index (χ2v) is 9.35. The Morgan fingerprint density at radius 2 is 1.78 bits per heavy atom. The molecule has 5 heteroatoms. The molecule has 1 fully saturated rings. The predicted molar refractivity (Wildman–Crippen MR) is 128 cm³/mol. The number of nitrogens with zero attached hydrogens (tertiary/aromatic N) is 2. The summed E-state index contributed by atoms with van der Waals surface area (Å²) in [6.45, 7) is 6.34. The molecule has 1 atom stereocenters. The van der Waals surface area contributed by atoms with Crippen molar-refractivity contribution in [1.29, 1.82) is 0 Å². The van der Waals surface area contributed by atoms with E-state index in [2.05, 4.69) is 54.1 Å². The summed E-state index contributed by atoms with van der Waals surface area (Å²) in [5, 5.41) is 3.38. The predicted octanol–water partition coefficient (Wildman–Crippen LogP) is 6.32. The molecule has 2 aliphatic rings. The first kappa shape index (κ1) is 20.8. The molecule has 1 aromatic heterocycles. The van der Waals surface area contributed by atoms with Gasteiger partial charge in [-0.05, 0) is 61.8 Å². The summed E-state index contributed by atoms with van der Waals surface area (Å²) in [7, 11) is 0. The lowest BCUT2D eigenvalue weighted by molar-refractivity contribution is -0.146. The molecule has 2 aromatic carbocycles. The van der Waals surface area contributed by atoms with Crippen molar-refractivity contribution in [2.45, 2.75) is 70.9 Å². The lowest BCUT2D eigenvalue weighted by Crippen LogP contribution is -2.31. The van der Waals surface area contributed by atoms with Crippen LogP contribution in [0.3, 0.4) is 0 Å². The smallest absolute Gasteiger partial charge is 0.338 e. The summed E-state index contributed by atoms with van der Waals surface area (Å²) < 4.78 is 8.19. The zero-order chi connectivity index (χ0) is 22.2. The second-order valence-electron chi connectivity index (χ2n) is 9.35. The van der Waals surface area contributed by atoms with E-state index >= 15 is 0 Å². The van der Waals surface area contributed by atoms with Crippen molar-refractivity contribution in [3.8, 4) is 0 Å². The zero-order valence-electron chi connectivity index (χ0n) is 19.1. The van der Waals surface area contributed by atoms with Crippen molar-refractivity contribution < 1.29 is 9.53 Å². The van der Waals surface area contributed by atoms with E-state index in [0.717, 1.165) is 53.9 Å². The Bertz CT molecular complexity index is 1170. The van der Waals surface area contributed by atoms with Crippen LogP contribution in [0, 0.1) is 0 Å². The van der Waals surface area contributed by atoms with E-state index in [0.29, 0.717) is 11.5 Å². The summed E-state index contributed by atoms with van der Waals surface area (Å²) >= 11 is 0. The number of esters is 1. The Balaban J connectivity index is 1.61. The molecule has 0 radical (unpaired) electrons. The van der Waals surface area contributed by atoms with Crippen molar-refractivity contribution in [3.63, 3.8) is 0 Å². The van der Waals surface area contributed by atoms with Crippen LogP contribution < -0.4 is 5.32 Å². The number of fused-ring (bicyclic) bond motifs is 3. The molecule has 166 valence electrons. The molecule has 3 aromatic rings. The molecular weight excluding hydrogens is 398 g/mol. The van der Waals surface area contributed by atoms with E-state index in [4.69, 9.17) is 9.72 Å². The van der Waals surface area contributed by atoms with Crippen molar-refractivity contribution in [2.24, 2.45) is 0 Å². The van der Waals surface area contributed by atoms with E-state index in [-0.39, 0.29) is 18.1 Å². The van der Waals surface area contributed by atoms with Crippen LogP contribution in [0.5, 0.6) is 0 Å². The number of aromatic nitrogens is 2. The van der Waals surface area contributed by atoms with Gasteiger partial charge >= 0.3 is 5.97 Å². The average Bonchev–Trinajstić information content (AvgIpc) is 3.16. The maximum atomic E-state index is 13.5. The molecule has 5 rings (SSSR count). The van der Waals surface area contributed by atoms with Gasteiger partial charge in [-0.3, -0.25) is 4.57 Å². The summed E-state index contributed by atoms with van der Waals surface area (Å²) in [4.78, 5) is 18.3. The number of benzene rings is 2. The zero-order valence-corrected chi connectivity index (χ0v) is 19.1. The molecule has 32 heavy (non-hydrogen) atoms. The normalized spacial score (nSPS) is 19.2. The second kappa shape index (κ2) is 8.45. The fourth-order valence-corrected chi connectivity index (χ4v) is 5.00. The van der Waals surface area contributed by atoms with E-state index in [1.165, 1.54) is 12.0 Å². The topological polar surface area (TPSA) is 56.2 Å². The third-order valence-corrected chi connectivity index (χ3v) is 6.80. The van der Waals surface area contributed by atoms with Crippen LogP contribution in [-0.4, -0.2) is 21.6 Å². The highest BCUT2D eigenvalue weighted by atomic mass is 16.5. The third-order valence-electron chi connectivity index (χ3n) is 6.80. The standard InChI is InChI=1S/C27H31N3O2/c1-17(2)19-13-15-20(16-14-19)25-24(26(31)32-21-9-5-4-6-10-21)18(3)28-27-29-22-11-7-8-12-23(22)30(25)27/h7-8,11-17,21,25H,4-6,9-10H2,1-3H3,(H,28,29). The highest BCUT2D eigenvalue weighted by molar-refractivity contribution is 5.94. The summed E-state index contributed by atoms with van der Waals surface area (Å²) in [6, 6.07) is 16.4. The van der Waals surface area contributed by atoms with E-state index < -0.39 is 0 Å². The number of carbonyl (C=O) groups excluding carboxylic acids is 1. The Morgan fingerprint density at radius 1 is 1.06 bits per heavy atom. The number of rotatable bonds is 4. The van der Waals surface area contributed by atoms with Gasteiger partial charge in [-0.1, -0.05) is 56.7 Å². The summed E-state index contributed by atoms with van der Waals surface area (Å²) in [6.07, 6.45) is 5.42. The summed E-state index contributed by atoms with van der Waals surface area (Å²) in [5.74, 6) is 0.994. The van der Waals surface area contributed by atoms with Crippen molar-refractivity contribution in [2.75, 3.05) is 5.32 Å². The van der Waals surface area contributed by atoms with Crippen LogP contribution in [0.2, 0.25) is 0 Å². The molecule has 0 bridgehead atoms. The van der Waals surface area contributed by atoms with Crippen LogP contribution in [-0.2, 0) is 9.53 Å². The van der Waals surface area contributed by atoms with Crippen LogP contribution in [0.1, 0.15) is 76.0 Å². The first-order chi connectivity index (χ1) is 15.5. The van der Waals surface area contributed by atoms with Crippen LogP contribution in [0.25, 0.3) is 11.0 Å². The Morgan fingerprint density at radius 3 is 2.50 bits per heavy atom. The molecule has 1 aliphatic carbocycles. The molecule has 1 saturated carbocycles. The molecule has 0 amide bonds. The molecule has 0 saturated heterocycles. The van der Waals surface area contributed by atoms with E-state index in [1.54, 1.807) is 0 Å². The Hall–Kier alpha value is -3.08. The van der Waals surface area contributed by atoms with Crippen molar-refractivity contribution in [3.05, 3.63) is 70.9 Å². The lowest BCUT2D eigenvalue weighted by Gasteiger charge is -2.32. The van der Waals surface area contributed by atoms with Gasteiger partial charge < -0.3 is 10.1 Å². The first-order valence-corrected chi connectivity index (χ1v) is 11.8. The van der Waals surface area contributed by atoms with Crippen LogP contribution >= 0.6 is 0 Å². The van der Waals surface area contributed by atoms with Gasteiger partial charge in [-0.15, -0.1) is 0 Å². The van der Waals surface area contributed by atoms with E-state index in [1.807, 2.05) is 25.1 Å². The number of carbonyl (C=O) groups is 1. The number of para-hydroxylation sites is 2. The molecular formula is C27H31N3O2. The van der Waals surface area contributed by atoms with Gasteiger partial charge in [0.15, 0.2) is 0 Å². The molecule has 1 N–H and O–H groups in total. The van der Waals surface area contributed by atoms with E-state index in [9.17, 15) is 4.79 Å². The minimum absolute atomic E-state index is 0.0152. The number of hydrogen-bond donors (Lipinski definition) is 1. The fourth-order valence-electron chi connectivity index (χ4n) is 5.00. The Kier molecular flexibility index (Phi) is 5.50. The minimum Gasteiger partial charge on any atom is -0.459 e. The van der Waals surface area contributed by atoms with Crippen molar-refractivity contribution >= 4 is 23.0 Å². The third kappa shape index (κ3) is 3.70. The monoisotopic (exact) mass is 429 g/mol. The van der Waals surface area contributed by atoms with Gasteiger partial charge in [0.25, 0.3) is 0 Å². The lowest BCUT2D eigenvalue weighted by atomic mass is 9.92. The summed E-state index contributed by atoms with van der Waals surface area (Å²) in [5.41, 5.74) is 5.74. The Labute approximate surface area is 189 Å². The maximum Gasteiger partial charge on any atom is 0.338 e. The molecule has 2 heterocycles. The fraction of sp³-hybridized carbons (Fsp3) is 0.407. The number of anilines is 1. The van der Waals surface area contributed by atoms with Gasteiger partial charge in [0.1, 0.15) is 6.10 Å². The highest BCUT2D eigenvalue weighted by Crippen LogP contribution is 2.40. The van der Waals surface area contributed by atoms with Gasteiger partial charge in [0.05, 0.1) is 22.6 Å². The van der Waals surface area contributed by atoms with Crippen LogP contribution in [0.15, 0.2) is 59.8 Å². The average molecular weight is 430 g/mol. The SMILES string of the molecule is CC1=C(C(=O)OC2CCCCC2)C(c2ccc(C(C)C)cc2)n2c(nc3ccccc32)N1. The van der Waals surface area contributed by atoms with Crippen LogP contribution in [0.4, 0.5) is 5.95 Å². The van der Waals surface area contributed by atoms with Gasteiger partial charge in [0, 0.05) is 5.70 Å². The number of imidazole rings is 1. The molecule has 5 nitrogen and oxygen atoms in total. The first-order valence-electron chi connectivity index (χ1n) is 11.8. The number of allylic oxidation sites excluding steroid dienone is 1. The largest absolute Gasteiger partial charge is 0.459 e. The maximum absolute atomic E-state index is 13.5. The highest BCUT2D eigenvalue weighted by Gasteiger charge is 2.36. The van der Waals surface area contributed by atoms with Crippen molar-refractivity contribution in [1.82, 2.24) is 9.55 Å². The minimum atomic E-state index is -0.282. The van der Waals surface area contributed by atoms with Gasteiger partial charge in [0.2, 0.25) is 5.95 Å². The number of hydrogen-bond acceptors (Lipinski definition) is 4. The molecule has 0 spiro atoms. The number of ether oxygens (including phenoxy) is 1. The van der Waals surface area contributed by atoms with Gasteiger partial charge in [-0.25, -0.2) is 9.78 Å². The molecule has 1 aliphatic heterocycles. The number of nitrogens with one attached hydrogen (secondary N) is 1. The van der Waals surface area contributed by atoms with Gasteiger partial charge in [-0.2, -0.15) is 0 Å². The quantitative estimate of drug-likeness (QED) is 0.493.